The second-order valence-electron chi connectivity index (χ2n) is 8.62. The van der Waals surface area contributed by atoms with E-state index in [-0.39, 0.29) is 45.9 Å². The SMILES string of the molecule is COc1cccc(/C=C2\SC(=O)N(CCOc3cccc(C)c3)C2=O)c1OS(=O)(=O)c1ccc(NC(C)=O)cc1. The number of aryl methyl sites for hydroxylation is 1. The second-order valence-corrected chi connectivity index (χ2v) is 11.2. The van der Waals surface area contributed by atoms with Crippen molar-refractivity contribution in [1.82, 2.24) is 4.90 Å². The standard InChI is InChI=1S/C28H26N2O8S2/c1-18-6-4-8-22(16-18)37-15-14-30-27(32)25(39-28(30)33)17-20-7-5-9-24(36-3)26(20)38-40(34,35)23-12-10-21(11-13-23)29-19(2)31/h4-13,16-17H,14-15H2,1-3H3,(H,29,31)/b25-17-. The van der Waals surface area contributed by atoms with E-state index in [0.717, 1.165) is 22.2 Å². The number of rotatable bonds is 10. The van der Waals surface area contributed by atoms with Crippen molar-refractivity contribution in [3.63, 3.8) is 0 Å². The first-order valence-electron chi connectivity index (χ1n) is 12.0. The van der Waals surface area contributed by atoms with E-state index in [1.54, 1.807) is 18.2 Å². The minimum atomic E-state index is -4.33. The van der Waals surface area contributed by atoms with Crippen LogP contribution in [0.15, 0.2) is 76.5 Å². The predicted octanol–water partition coefficient (Wildman–Crippen LogP) is 4.85. The maximum absolute atomic E-state index is 13.1. The Morgan fingerprint density at radius 1 is 1.05 bits per heavy atom. The Morgan fingerprint density at radius 3 is 2.45 bits per heavy atom. The van der Waals surface area contributed by atoms with E-state index in [9.17, 15) is 22.8 Å². The van der Waals surface area contributed by atoms with Crippen LogP contribution < -0.4 is 19.0 Å². The number of benzene rings is 3. The molecule has 3 amide bonds. The molecule has 1 N–H and O–H groups in total. The van der Waals surface area contributed by atoms with Crippen LogP contribution in [0.4, 0.5) is 10.5 Å². The van der Waals surface area contributed by atoms with Gasteiger partial charge in [0.15, 0.2) is 11.5 Å². The van der Waals surface area contributed by atoms with Crippen molar-refractivity contribution in [1.29, 1.82) is 0 Å². The number of ether oxygens (including phenoxy) is 2. The Bertz CT molecular complexity index is 1580. The van der Waals surface area contributed by atoms with E-state index in [0.29, 0.717) is 11.4 Å². The molecule has 0 aromatic heterocycles. The molecule has 0 bridgehead atoms. The number of nitrogens with one attached hydrogen (secondary N) is 1. The van der Waals surface area contributed by atoms with E-state index in [1.165, 1.54) is 50.4 Å². The number of methoxy groups -OCH3 is 1. The Hall–Kier alpha value is -4.29. The number of imide groups is 1. The molecule has 3 aromatic carbocycles. The predicted molar refractivity (Wildman–Crippen MR) is 151 cm³/mol. The zero-order chi connectivity index (χ0) is 28.9. The van der Waals surface area contributed by atoms with Crippen molar-refractivity contribution in [2.24, 2.45) is 0 Å². The number of thioether (sulfide) groups is 1. The lowest BCUT2D eigenvalue weighted by Gasteiger charge is -2.14. The molecule has 208 valence electrons. The van der Waals surface area contributed by atoms with Gasteiger partial charge in [-0.3, -0.25) is 19.3 Å². The molecule has 1 aliphatic rings. The lowest BCUT2D eigenvalue weighted by Crippen LogP contribution is -2.32. The van der Waals surface area contributed by atoms with Gasteiger partial charge in [0.2, 0.25) is 5.91 Å². The third-order valence-corrected chi connectivity index (χ3v) is 7.76. The van der Waals surface area contributed by atoms with Gasteiger partial charge in [0, 0.05) is 18.2 Å². The van der Waals surface area contributed by atoms with Gasteiger partial charge in [-0.2, -0.15) is 8.42 Å². The smallest absolute Gasteiger partial charge is 0.339 e. The van der Waals surface area contributed by atoms with Crippen LogP contribution in [0.2, 0.25) is 0 Å². The Morgan fingerprint density at radius 2 is 1.77 bits per heavy atom. The van der Waals surface area contributed by atoms with Crippen LogP contribution >= 0.6 is 11.8 Å². The molecular weight excluding hydrogens is 556 g/mol. The van der Waals surface area contributed by atoms with Crippen LogP contribution in [-0.2, 0) is 19.7 Å². The molecule has 0 radical (unpaired) electrons. The van der Waals surface area contributed by atoms with Gasteiger partial charge in [0.05, 0.1) is 18.6 Å². The van der Waals surface area contributed by atoms with Crippen LogP contribution in [0.1, 0.15) is 18.1 Å². The molecule has 0 saturated carbocycles. The summed E-state index contributed by atoms with van der Waals surface area (Å²) < 4.78 is 42.6. The number of hydrogen-bond donors (Lipinski definition) is 1. The van der Waals surface area contributed by atoms with Crippen molar-refractivity contribution in [2.45, 2.75) is 18.7 Å². The van der Waals surface area contributed by atoms with E-state index in [4.69, 9.17) is 13.7 Å². The van der Waals surface area contributed by atoms with Crippen LogP contribution in [0.3, 0.4) is 0 Å². The lowest BCUT2D eigenvalue weighted by molar-refractivity contribution is -0.123. The number of anilines is 1. The summed E-state index contributed by atoms with van der Waals surface area (Å²) >= 11 is 0.731. The highest BCUT2D eigenvalue weighted by Gasteiger charge is 2.35. The number of amides is 3. The van der Waals surface area contributed by atoms with Crippen LogP contribution in [0.25, 0.3) is 6.08 Å². The fourth-order valence-electron chi connectivity index (χ4n) is 3.76. The fraction of sp³-hybridized carbons (Fsp3) is 0.179. The summed E-state index contributed by atoms with van der Waals surface area (Å²) in [5.74, 6) is -0.239. The highest BCUT2D eigenvalue weighted by atomic mass is 32.2. The molecule has 40 heavy (non-hydrogen) atoms. The first-order valence-corrected chi connectivity index (χ1v) is 14.2. The molecule has 3 aromatic rings. The van der Waals surface area contributed by atoms with Crippen LogP contribution in [-0.4, -0.2) is 50.6 Å². The molecule has 10 nitrogen and oxygen atoms in total. The molecule has 0 spiro atoms. The second kappa shape index (κ2) is 12.3. The van der Waals surface area contributed by atoms with Crippen LogP contribution in [0.5, 0.6) is 17.2 Å². The molecule has 1 heterocycles. The number of nitrogens with zero attached hydrogens (tertiary/aromatic N) is 1. The summed E-state index contributed by atoms with van der Waals surface area (Å²) in [6.07, 6.45) is 1.39. The average Bonchev–Trinajstić information content (AvgIpc) is 3.17. The van der Waals surface area contributed by atoms with Gasteiger partial charge in [-0.15, -0.1) is 0 Å². The minimum Gasteiger partial charge on any atom is -0.493 e. The van der Waals surface area contributed by atoms with E-state index >= 15 is 0 Å². The quantitative estimate of drug-likeness (QED) is 0.264. The largest absolute Gasteiger partial charge is 0.493 e. The summed E-state index contributed by atoms with van der Waals surface area (Å²) in [6, 6.07) is 17.5. The highest BCUT2D eigenvalue weighted by molar-refractivity contribution is 8.18. The number of carbonyl (C=O) groups is 3. The molecule has 1 fully saturated rings. The normalized spacial score (nSPS) is 14.4. The topological polar surface area (TPSA) is 128 Å². The van der Waals surface area contributed by atoms with Crippen molar-refractivity contribution in [2.75, 3.05) is 25.6 Å². The number of hydrogen-bond acceptors (Lipinski definition) is 9. The highest BCUT2D eigenvalue weighted by Crippen LogP contribution is 2.38. The van der Waals surface area contributed by atoms with Crippen molar-refractivity contribution in [3.8, 4) is 17.2 Å². The van der Waals surface area contributed by atoms with Gasteiger partial charge in [0.25, 0.3) is 11.1 Å². The van der Waals surface area contributed by atoms with Gasteiger partial charge in [-0.25, -0.2) is 0 Å². The lowest BCUT2D eigenvalue weighted by atomic mass is 10.1. The molecule has 0 unspecified atom stereocenters. The summed E-state index contributed by atoms with van der Waals surface area (Å²) in [5, 5.41) is 2.09. The number of para-hydroxylation sites is 1. The van der Waals surface area contributed by atoms with E-state index in [1.807, 2.05) is 25.1 Å². The van der Waals surface area contributed by atoms with Crippen molar-refractivity contribution >= 4 is 50.7 Å². The Kier molecular flexibility index (Phi) is 8.80. The Balaban J connectivity index is 1.54. The average molecular weight is 583 g/mol. The van der Waals surface area contributed by atoms with Gasteiger partial charge >= 0.3 is 10.1 Å². The molecule has 0 aliphatic carbocycles. The first kappa shape index (κ1) is 28.7. The van der Waals surface area contributed by atoms with E-state index < -0.39 is 21.3 Å². The summed E-state index contributed by atoms with van der Waals surface area (Å²) in [4.78, 5) is 37.9. The maximum Gasteiger partial charge on any atom is 0.339 e. The van der Waals surface area contributed by atoms with Gasteiger partial charge in [-0.1, -0.05) is 24.3 Å². The third-order valence-electron chi connectivity index (χ3n) is 5.62. The van der Waals surface area contributed by atoms with Gasteiger partial charge in [-0.05, 0) is 72.8 Å². The summed E-state index contributed by atoms with van der Waals surface area (Å²) in [7, 11) is -2.98. The third kappa shape index (κ3) is 6.82. The van der Waals surface area contributed by atoms with E-state index in [2.05, 4.69) is 5.32 Å². The summed E-state index contributed by atoms with van der Waals surface area (Å²) in [5.41, 5.74) is 1.66. The van der Waals surface area contributed by atoms with Crippen LogP contribution in [0, 0.1) is 6.92 Å². The molecule has 0 atom stereocenters. The fourth-order valence-corrected chi connectivity index (χ4v) is 5.58. The Labute approximate surface area is 236 Å². The zero-order valence-corrected chi connectivity index (χ0v) is 23.5. The maximum atomic E-state index is 13.1. The van der Waals surface area contributed by atoms with Crippen molar-refractivity contribution in [3.05, 3.63) is 82.8 Å². The minimum absolute atomic E-state index is 0.0419. The zero-order valence-electron chi connectivity index (χ0n) is 21.9. The summed E-state index contributed by atoms with van der Waals surface area (Å²) in [6.45, 7) is 3.42. The molecule has 12 heteroatoms. The number of carbonyl (C=O) groups excluding carboxylic acids is 3. The molecule has 1 aliphatic heterocycles. The van der Waals surface area contributed by atoms with Gasteiger partial charge in [0.1, 0.15) is 17.3 Å². The van der Waals surface area contributed by atoms with Gasteiger partial charge < -0.3 is 19.0 Å². The molecule has 4 rings (SSSR count). The molecule has 1 saturated heterocycles. The van der Waals surface area contributed by atoms with Crippen molar-refractivity contribution < 1.29 is 36.5 Å². The molecular formula is C28H26N2O8S2. The first-order chi connectivity index (χ1) is 19.1. The monoisotopic (exact) mass is 582 g/mol.